The first-order chi connectivity index (χ1) is 6.26. The molecule has 0 spiro atoms. The number of nitrogens with zero attached hydrogens (tertiary/aromatic N) is 1. The van der Waals surface area contributed by atoms with E-state index in [-0.39, 0.29) is 0 Å². The molecule has 1 aromatic rings. The van der Waals surface area contributed by atoms with Crippen molar-refractivity contribution >= 4 is 40.3 Å². The molecule has 1 nitrogen and oxygen atoms in total. The number of hydrogen-bond donors (Lipinski definition) is 0. The summed E-state index contributed by atoms with van der Waals surface area (Å²) in [5.74, 6) is 0. The highest BCUT2D eigenvalue weighted by molar-refractivity contribution is 14.1. The molecule has 0 N–H and O–H groups in total. The Balaban J connectivity index is 2.92. The van der Waals surface area contributed by atoms with E-state index in [0.717, 1.165) is 15.6 Å². The van der Waals surface area contributed by atoms with Crippen molar-refractivity contribution in [3.63, 3.8) is 0 Å². The Labute approximate surface area is 96.2 Å². The Kier molecular flexibility index (Phi) is 4.26. The van der Waals surface area contributed by atoms with E-state index in [0.29, 0.717) is 5.02 Å². The van der Waals surface area contributed by atoms with Crippen LogP contribution in [0.25, 0.3) is 6.08 Å². The molecule has 0 bridgehead atoms. The number of hydrogen-bond acceptors (Lipinski definition) is 1. The summed E-state index contributed by atoms with van der Waals surface area (Å²) >= 11 is 7.89. The molecule has 0 radical (unpaired) electrons. The van der Waals surface area contributed by atoms with Crippen molar-refractivity contribution in [2.24, 2.45) is 0 Å². The lowest BCUT2D eigenvalue weighted by Crippen LogP contribution is -1.79. The van der Waals surface area contributed by atoms with Crippen LogP contribution in [0.3, 0.4) is 0 Å². The molecular weight excluding hydrogens is 296 g/mol. The maximum absolute atomic E-state index is 8.69. The molecule has 0 aliphatic carbocycles. The van der Waals surface area contributed by atoms with Crippen LogP contribution in [0.1, 0.15) is 5.56 Å². The van der Waals surface area contributed by atoms with Gasteiger partial charge in [-0.05, 0) is 23.8 Å². The standard InChI is InChI=1S/C10H7ClIN/c11-10-3-1-8(2-4-10)5-9(6-12)7-13/h1-5H,6H2/b9-5-. The smallest absolute Gasteiger partial charge is 0.0955 e. The van der Waals surface area contributed by atoms with Crippen molar-refractivity contribution in [1.82, 2.24) is 0 Å². The second kappa shape index (κ2) is 5.25. The SMILES string of the molecule is N#C/C(=C\c1ccc(Cl)cc1)CI. The second-order valence-corrected chi connectivity index (χ2v) is 3.67. The van der Waals surface area contributed by atoms with Gasteiger partial charge < -0.3 is 0 Å². The third kappa shape index (κ3) is 3.37. The lowest BCUT2D eigenvalue weighted by atomic mass is 10.1. The Hall–Kier alpha value is -0.530. The van der Waals surface area contributed by atoms with E-state index in [2.05, 4.69) is 28.7 Å². The molecule has 0 saturated heterocycles. The minimum Gasteiger partial charge on any atom is -0.193 e. The second-order valence-electron chi connectivity index (χ2n) is 2.47. The summed E-state index contributed by atoms with van der Waals surface area (Å²) in [6.07, 6.45) is 1.86. The van der Waals surface area contributed by atoms with Gasteiger partial charge in [0.25, 0.3) is 0 Å². The van der Waals surface area contributed by atoms with E-state index in [1.54, 1.807) is 0 Å². The van der Waals surface area contributed by atoms with Gasteiger partial charge in [-0.25, -0.2) is 0 Å². The van der Waals surface area contributed by atoms with Crippen LogP contribution in [0.2, 0.25) is 5.02 Å². The van der Waals surface area contributed by atoms with Crippen LogP contribution in [-0.2, 0) is 0 Å². The van der Waals surface area contributed by atoms with Crippen LogP contribution in [0.4, 0.5) is 0 Å². The van der Waals surface area contributed by atoms with Crippen molar-refractivity contribution in [3.8, 4) is 6.07 Å². The largest absolute Gasteiger partial charge is 0.193 e. The minimum atomic E-state index is 0.713. The van der Waals surface area contributed by atoms with E-state index < -0.39 is 0 Å². The highest BCUT2D eigenvalue weighted by Gasteiger charge is 1.93. The minimum absolute atomic E-state index is 0.713. The van der Waals surface area contributed by atoms with Gasteiger partial charge in [-0.2, -0.15) is 5.26 Å². The maximum atomic E-state index is 8.69. The van der Waals surface area contributed by atoms with E-state index in [4.69, 9.17) is 16.9 Å². The molecule has 0 heterocycles. The van der Waals surface area contributed by atoms with Crippen molar-refractivity contribution in [3.05, 3.63) is 40.4 Å². The lowest BCUT2D eigenvalue weighted by molar-refractivity contribution is 1.48. The zero-order chi connectivity index (χ0) is 9.68. The normalized spacial score (nSPS) is 11.0. The topological polar surface area (TPSA) is 23.8 Å². The van der Waals surface area contributed by atoms with Crippen LogP contribution in [-0.4, -0.2) is 4.43 Å². The van der Waals surface area contributed by atoms with Crippen molar-refractivity contribution in [1.29, 1.82) is 5.26 Å². The number of halogens is 2. The number of alkyl halides is 1. The van der Waals surface area contributed by atoms with Crippen molar-refractivity contribution < 1.29 is 0 Å². The van der Waals surface area contributed by atoms with E-state index >= 15 is 0 Å². The molecule has 0 fully saturated rings. The molecule has 1 aromatic carbocycles. The quantitative estimate of drug-likeness (QED) is 0.464. The average Bonchev–Trinajstić information content (AvgIpc) is 2.17. The van der Waals surface area contributed by atoms with Crippen LogP contribution >= 0.6 is 34.2 Å². The predicted molar refractivity (Wildman–Crippen MR) is 63.9 cm³/mol. The number of allylic oxidation sites excluding steroid dienone is 1. The zero-order valence-corrected chi connectivity index (χ0v) is 9.71. The van der Waals surface area contributed by atoms with Crippen LogP contribution in [0.15, 0.2) is 29.8 Å². The van der Waals surface area contributed by atoms with Gasteiger partial charge in [0.15, 0.2) is 0 Å². The highest BCUT2D eigenvalue weighted by atomic mass is 127. The van der Waals surface area contributed by atoms with Crippen LogP contribution in [0, 0.1) is 11.3 Å². The fourth-order valence-corrected chi connectivity index (χ4v) is 1.38. The molecular formula is C10H7ClIN. The van der Waals surface area contributed by atoms with E-state index in [1.165, 1.54) is 0 Å². The monoisotopic (exact) mass is 303 g/mol. The number of nitriles is 1. The fourth-order valence-electron chi connectivity index (χ4n) is 0.861. The van der Waals surface area contributed by atoms with Crippen molar-refractivity contribution in [2.45, 2.75) is 0 Å². The van der Waals surface area contributed by atoms with Gasteiger partial charge in [0.05, 0.1) is 6.07 Å². The summed E-state index contributed by atoms with van der Waals surface area (Å²) in [5.41, 5.74) is 1.78. The average molecular weight is 304 g/mol. The first-order valence-corrected chi connectivity index (χ1v) is 5.59. The summed E-state index contributed by atoms with van der Waals surface area (Å²) in [7, 11) is 0. The first-order valence-electron chi connectivity index (χ1n) is 3.68. The zero-order valence-electron chi connectivity index (χ0n) is 6.80. The summed E-state index contributed by atoms with van der Waals surface area (Å²) in [5, 5.41) is 9.41. The summed E-state index contributed by atoms with van der Waals surface area (Å²) in [6, 6.07) is 9.56. The molecule has 0 saturated carbocycles. The first kappa shape index (κ1) is 10.6. The fraction of sp³-hybridized carbons (Fsp3) is 0.100. The molecule has 13 heavy (non-hydrogen) atoms. The van der Waals surface area contributed by atoms with E-state index in [1.807, 2.05) is 30.3 Å². The third-order valence-electron chi connectivity index (χ3n) is 1.50. The molecule has 0 amide bonds. The van der Waals surface area contributed by atoms with Gasteiger partial charge in [-0.15, -0.1) is 0 Å². The van der Waals surface area contributed by atoms with Crippen molar-refractivity contribution in [2.75, 3.05) is 4.43 Å². The molecule has 0 aromatic heterocycles. The highest BCUT2D eigenvalue weighted by Crippen LogP contribution is 2.13. The third-order valence-corrected chi connectivity index (χ3v) is 2.57. The molecule has 1 rings (SSSR count). The molecule has 0 unspecified atom stereocenters. The van der Waals surface area contributed by atoms with Gasteiger partial charge in [0.1, 0.15) is 0 Å². The maximum Gasteiger partial charge on any atom is 0.0955 e. The Morgan fingerprint density at radius 2 is 2.08 bits per heavy atom. The Morgan fingerprint density at radius 1 is 1.46 bits per heavy atom. The number of benzene rings is 1. The predicted octanol–water partition coefficient (Wildman–Crippen LogP) is 3.68. The van der Waals surface area contributed by atoms with Gasteiger partial charge in [0, 0.05) is 15.0 Å². The van der Waals surface area contributed by atoms with Crippen LogP contribution < -0.4 is 0 Å². The summed E-state index contributed by atoms with van der Waals surface area (Å²) in [6.45, 7) is 0. The summed E-state index contributed by atoms with van der Waals surface area (Å²) in [4.78, 5) is 0. The molecule has 0 aliphatic heterocycles. The molecule has 0 atom stereocenters. The number of rotatable bonds is 2. The molecule has 0 aliphatic rings. The van der Waals surface area contributed by atoms with Gasteiger partial charge >= 0.3 is 0 Å². The lowest BCUT2D eigenvalue weighted by Gasteiger charge is -1.94. The van der Waals surface area contributed by atoms with Gasteiger partial charge in [-0.1, -0.05) is 46.3 Å². The van der Waals surface area contributed by atoms with E-state index in [9.17, 15) is 0 Å². The molecule has 66 valence electrons. The Morgan fingerprint density at radius 3 is 2.54 bits per heavy atom. The van der Waals surface area contributed by atoms with Gasteiger partial charge in [-0.3, -0.25) is 0 Å². The molecule has 3 heteroatoms. The summed E-state index contributed by atoms with van der Waals surface area (Å²) < 4.78 is 0.733. The van der Waals surface area contributed by atoms with Crippen LogP contribution in [0.5, 0.6) is 0 Å². The Bertz CT molecular complexity index is 348. The van der Waals surface area contributed by atoms with Gasteiger partial charge in [0.2, 0.25) is 0 Å².